The molecule has 180 valence electrons. The zero-order valence-corrected chi connectivity index (χ0v) is 19.3. The number of amides is 2. The lowest BCUT2D eigenvalue weighted by atomic mass is 9.78. The minimum atomic E-state index is -0.864. The summed E-state index contributed by atoms with van der Waals surface area (Å²) in [6.45, 7) is 1.01. The second kappa shape index (κ2) is 11.2. The highest BCUT2D eigenvalue weighted by Gasteiger charge is 2.32. The first-order valence-electron chi connectivity index (χ1n) is 12.1. The van der Waals surface area contributed by atoms with Gasteiger partial charge in [0.2, 0.25) is 5.91 Å². The molecule has 3 N–H and O–H groups in total. The summed E-state index contributed by atoms with van der Waals surface area (Å²) in [7, 11) is 0. The molecule has 0 aromatic heterocycles. The molecule has 2 aromatic rings. The van der Waals surface area contributed by atoms with Crippen LogP contribution < -0.4 is 10.6 Å². The molecule has 34 heavy (non-hydrogen) atoms. The molecule has 0 bridgehead atoms. The zero-order chi connectivity index (χ0) is 23.9. The molecule has 2 amide bonds. The molecule has 0 radical (unpaired) electrons. The lowest BCUT2D eigenvalue weighted by Crippen LogP contribution is -2.42. The maximum atomic E-state index is 12.6. The summed E-state index contributed by atoms with van der Waals surface area (Å²) < 4.78 is 5.62. The van der Waals surface area contributed by atoms with E-state index in [1.54, 1.807) is 0 Å². The number of benzene rings is 2. The molecule has 2 atom stereocenters. The number of fused-ring (bicyclic) bond motifs is 3. The molecule has 0 spiro atoms. The van der Waals surface area contributed by atoms with Gasteiger partial charge in [0.05, 0.1) is 0 Å². The summed E-state index contributed by atoms with van der Waals surface area (Å²) in [5, 5.41) is 14.5. The van der Waals surface area contributed by atoms with E-state index in [-0.39, 0.29) is 36.7 Å². The Morgan fingerprint density at radius 2 is 1.56 bits per heavy atom. The predicted octanol–water partition coefficient (Wildman–Crippen LogP) is 4.31. The third-order valence-electron chi connectivity index (χ3n) is 6.96. The van der Waals surface area contributed by atoms with Crippen molar-refractivity contribution in [3.8, 4) is 11.1 Å². The fraction of sp³-hybridized carbons (Fsp3) is 0.444. The van der Waals surface area contributed by atoms with Gasteiger partial charge in [-0.05, 0) is 47.4 Å². The number of hydrogen-bond donors (Lipinski definition) is 3. The van der Waals surface area contributed by atoms with Crippen LogP contribution in [0.1, 0.15) is 55.6 Å². The van der Waals surface area contributed by atoms with Crippen LogP contribution in [0.5, 0.6) is 0 Å². The Kier molecular flexibility index (Phi) is 7.83. The van der Waals surface area contributed by atoms with Crippen LogP contribution in [-0.4, -0.2) is 42.8 Å². The lowest BCUT2D eigenvalue weighted by Gasteiger charge is -2.30. The first kappa shape index (κ1) is 23.8. The van der Waals surface area contributed by atoms with Gasteiger partial charge in [0, 0.05) is 31.3 Å². The average molecular weight is 465 g/mol. The van der Waals surface area contributed by atoms with E-state index >= 15 is 0 Å². The van der Waals surface area contributed by atoms with Crippen molar-refractivity contribution in [3.05, 3.63) is 59.7 Å². The number of carbonyl (C=O) groups excluding carboxylic acids is 2. The lowest BCUT2D eigenvalue weighted by molar-refractivity contribution is -0.137. The van der Waals surface area contributed by atoms with Crippen molar-refractivity contribution in [2.75, 3.05) is 19.7 Å². The van der Waals surface area contributed by atoms with Gasteiger partial charge in [0.15, 0.2) is 0 Å². The maximum absolute atomic E-state index is 12.6. The van der Waals surface area contributed by atoms with Crippen LogP contribution >= 0.6 is 0 Å². The number of carbonyl (C=O) groups is 3. The first-order chi connectivity index (χ1) is 16.5. The molecule has 0 saturated heterocycles. The maximum Gasteiger partial charge on any atom is 0.407 e. The van der Waals surface area contributed by atoms with Crippen LogP contribution in [0.15, 0.2) is 48.5 Å². The number of aliphatic carboxylic acids is 1. The van der Waals surface area contributed by atoms with Gasteiger partial charge in [-0.3, -0.25) is 9.59 Å². The van der Waals surface area contributed by atoms with Gasteiger partial charge in [0.1, 0.15) is 6.61 Å². The average Bonchev–Trinajstić information content (AvgIpc) is 3.17. The van der Waals surface area contributed by atoms with Gasteiger partial charge in [0.25, 0.3) is 0 Å². The number of alkyl carbamates (subject to hydrolysis) is 1. The topological polar surface area (TPSA) is 105 Å². The van der Waals surface area contributed by atoms with E-state index < -0.39 is 12.1 Å². The Morgan fingerprint density at radius 3 is 2.24 bits per heavy atom. The Hall–Kier alpha value is -3.35. The number of hydrogen-bond acceptors (Lipinski definition) is 4. The number of ether oxygens (including phenoxy) is 1. The SMILES string of the molecule is O=C(O)CCCNC(=O)[C@H]1CCCC[C@H]1CNC(=O)OCC1c2ccccc2-c2ccccc21. The van der Waals surface area contributed by atoms with E-state index in [0.717, 1.165) is 25.7 Å². The molecule has 1 fully saturated rings. The van der Waals surface area contributed by atoms with Crippen LogP contribution in [0.3, 0.4) is 0 Å². The highest BCUT2D eigenvalue weighted by Crippen LogP contribution is 2.44. The summed E-state index contributed by atoms with van der Waals surface area (Å²) in [5.41, 5.74) is 4.71. The minimum Gasteiger partial charge on any atom is -0.481 e. The van der Waals surface area contributed by atoms with Crippen LogP contribution in [0, 0.1) is 11.8 Å². The van der Waals surface area contributed by atoms with Crippen molar-refractivity contribution in [2.45, 2.75) is 44.4 Å². The second-order valence-electron chi connectivity index (χ2n) is 9.15. The Bertz CT molecular complexity index is 992. The van der Waals surface area contributed by atoms with Crippen molar-refractivity contribution < 1.29 is 24.2 Å². The van der Waals surface area contributed by atoms with Crippen LogP contribution in [0.25, 0.3) is 11.1 Å². The van der Waals surface area contributed by atoms with Crippen molar-refractivity contribution in [3.63, 3.8) is 0 Å². The van der Waals surface area contributed by atoms with Gasteiger partial charge in [-0.1, -0.05) is 61.4 Å². The Morgan fingerprint density at radius 1 is 0.912 bits per heavy atom. The molecule has 0 unspecified atom stereocenters. The van der Waals surface area contributed by atoms with E-state index in [1.807, 2.05) is 24.3 Å². The van der Waals surface area contributed by atoms with Crippen LogP contribution in [0.4, 0.5) is 4.79 Å². The third-order valence-corrected chi connectivity index (χ3v) is 6.96. The Balaban J connectivity index is 1.28. The van der Waals surface area contributed by atoms with Gasteiger partial charge in [-0.2, -0.15) is 0 Å². The smallest absolute Gasteiger partial charge is 0.407 e. The molecule has 1 saturated carbocycles. The molecule has 2 aromatic carbocycles. The normalized spacial score (nSPS) is 19.1. The number of rotatable bonds is 9. The summed E-state index contributed by atoms with van der Waals surface area (Å²) in [6, 6.07) is 16.4. The van der Waals surface area contributed by atoms with E-state index in [0.29, 0.717) is 19.5 Å². The van der Waals surface area contributed by atoms with Crippen LogP contribution in [0.2, 0.25) is 0 Å². The molecular formula is C27H32N2O5. The summed E-state index contributed by atoms with van der Waals surface area (Å²) in [5.74, 6) is -1.03. The predicted molar refractivity (Wildman–Crippen MR) is 128 cm³/mol. The zero-order valence-electron chi connectivity index (χ0n) is 19.3. The molecule has 7 heteroatoms. The molecule has 2 aliphatic rings. The van der Waals surface area contributed by atoms with Crippen LogP contribution in [-0.2, 0) is 14.3 Å². The largest absolute Gasteiger partial charge is 0.481 e. The number of carboxylic acid groups (broad SMARTS) is 1. The number of carboxylic acids is 1. The summed E-state index contributed by atoms with van der Waals surface area (Å²) in [4.78, 5) is 35.8. The minimum absolute atomic E-state index is 0.0113. The molecule has 0 aliphatic heterocycles. The highest BCUT2D eigenvalue weighted by atomic mass is 16.5. The molecule has 7 nitrogen and oxygen atoms in total. The number of nitrogens with one attached hydrogen (secondary N) is 2. The first-order valence-corrected chi connectivity index (χ1v) is 12.1. The summed E-state index contributed by atoms with van der Waals surface area (Å²) >= 11 is 0. The fourth-order valence-corrected chi connectivity index (χ4v) is 5.24. The monoisotopic (exact) mass is 464 g/mol. The molecular weight excluding hydrogens is 432 g/mol. The van der Waals surface area contributed by atoms with Gasteiger partial charge in [-0.15, -0.1) is 0 Å². The molecule has 2 aliphatic carbocycles. The van der Waals surface area contributed by atoms with E-state index in [4.69, 9.17) is 9.84 Å². The van der Waals surface area contributed by atoms with Crippen molar-refractivity contribution in [2.24, 2.45) is 11.8 Å². The standard InChI is InChI=1S/C27H32N2O5/c30-25(31)14-7-15-28-26(32)19-9-2-1-8-18(19)16-29-27(33)34-17-24-22-12-5-3-10-20(22)21-11-4-6-13-23(21)24/h3-6,10-13,18-19,24H,1-2,7-9,14-17H2,(H,28,32)(H,29,33)(H,30,31)/t18-,19-/m0/s1. The van der Waals surface area contributed by atoms with Crippen molar-refractivity contribution >= 4 is 18.0 Å². The van der Waals surface area contributed by atoms with Crippen molar-refractivity contribution in [1.29, 1.82) is 0 Å². The third kappa shape index (κ3) is 5.58. The van der Waals surface area contributed by atoms with Gasteiger partial charge >= 0.3 is 12.1 Å². The van der Waals surface area contributed by atoms with E-state index in [2.05, 4.69) is 34.9 Å². The second-order valence-corrected chi connectivity index (χ2v) is 9.15. The van der Waals surface area contributed by atoms with Crippen molar-refractivity contribution in [1.82, 2.24) is 10.6 Å². The fourth-order valence-electron chi connectivity index (χ4n) is 5.24. The quantitative estimate of drug-likeness (QED) is 0.480. The molecule has 0 heterocycles. The van der Waals surface area contributed by atoms with E-state index in [9.17, 15) is 14.4 Å². The van der Waals surface area contributed by atoms with Gasteiger partial charge in [-0.25, -0.2) is 4.79 Å². The van der Waals surface area contributed by atoms with Gasteiger partial charge < -0.3 is 20.5 Å². The Labute approximate surface area is 199 Å². The molecule has 4 rings (SSSR count). The van der Waals surface area contributed by atoms with E-state index in [1.165, 1.54) is 22.3 Å². The highest BCUT2D eigenvalue weighted by molar-refractivity contribution is 5.80. The summed E-state index contributed by atoms with van der Waals surface area (Å²) in [6.07, 6.45) is 3.65.